The van der Waals surface area contributed by atoms with Crippen LogP contribution in [0.15, 0.2) is 29.2 Å². The maximum absolute atomic E-state index is 12.3. The van der Waals surface area contributed by atoms with Crippen LogP contribution >= 0.6 is 0 Å². The summed E-state index contributed by atoms with van der Waals surface area (Å²) in [6.45, 7) is 1.51. The molecular formula is C13H21N3O3S. The van der Waals surface area contributed by atoms with Crippen LogP contribution in [0.1, 0.15) is 0 Å². The Balaban J connectivity index is 2.29. The van der Waals surface area contributed by atoms with E-state index in [1.807, 2.05) is 6.07 Å². The van der Waals surface area contributed by atoms with E-state index in [0.717, 1.165) is 13.1 Å². The normalized spacial score (nSPS) is 23.2. The van der Waals surface area contributed by atoms with Crippen molar-refractivity contribution in [1.82, 2.24) is 9.62 Å². The molecule has 0 aromatic heterocycles. The van der Waals surface area contributed by atoms with Gasteiger partial charge in [-0.25, -0.2) is 12.7 Å². The Kier molecular flexibility index (Phi) is 4.64. The average Bonchev–Trinajstić information content (AvgIpc) is 2.86. The fourth-order valence-electron chi connectivity index (χ4n) is 2.25. The lowest BCUT2D eigenvalue weighted by molar-refractivity contribution is 0.111. The van der Waals surface area contributed by atoms with Crippen LogP contribution in [0.3, 0.4) is 0 Å². The largest absolute Gasteiger partial charge is 0.378 e. The van der Waals surface area contributed by atoms with Crippen molar-refractivity contribution in [3.05, 3.63) is 24.3 Å². The lowest BCUT2D eigenvalue weighted by Crippen LogP contribution is -2.34. The zero-order valence-electron chi connectivity index (χ0n) is 12.0. The van der Waals surface area contributed by atoms with Gasteiger partial charge in [-0.15, -0.1) is 0 Å². The molecule has 1 unspecified atom stereocenters. The Morgan fingerprint density at radius 1 is 1.30 bits per heavy atom. The van der Waals surface area contributed by atoms with E-state index in [4.69, 9.17) is 4.74 Å². The van der Waals surface area contributed by atoms with Gasteiger partial charge >= 0.3 is 0 Å². The maximum Gasteiger partial charge on any atom is 0.244 e. The SMILES string of the molecule is CO[C@H]1CNCC1Nc1ccccc1S(=O)(=O)N(C)C. The molecule has 6 nitrogen and oxygen atoms in total. The Hall–Kier alpha value is -1.15. The molecule has 112 valence electrons. The molecule has 0 radical (unpaired) electrons. The number of hydrogen-bond acceptors (Lipinski definition) is 5. The summed E-state index contributed by atoms with van der Waals surface area (Å²) in [5.41, 5.74) is 0.608. The summed E-state index contributed by atoms with van der Waals surface area (Å²) < 4.78 is 31.2. The fraction of sp³-hybridized carbons (Fsp3) is 0.538. The van der Waals surface area contributed by atoms with E-state index in [0.29, 0.717) is 5.69 Å². The molecule has 1 saturated heterocycles. The minimum absolute atomic E-state index is 0.0325. The second kappa shape index (κ2) is 6.09. The van der Waals surface area contributed by atoms with Crippen LogP contribution in [0.25, 0.3) is 0 Å². The summed E-state index contributed by atoms with van der Waals surface area (Å²) in [5, 5.41) is 6.51. The Morgan fingerprint density at radius 3 is 2.65 bits per heavy atom. The van der Waals surface area contributed by atoms with Gasteiger partial charge in [0.25, 0.3) is 0 Å². The van der Waals surface area contributed by atoms with Crippen LogP contribution in [-0.2, 0) is 14.8 Å². The summed E-state index contributed by atoms with van der Waals surface area (Å²) in [7, 11) is 1.26. The van der Waals surface area contributed by atoms with Crippen LogP contribution in [0.2, 0.25) is 0 Å². The third kappa shape index (κ3) is 2.95. The van der Waals surface area contributed by atoms with Gasteiger partial charge in [0.2, 0.25) is 10.0 Å². The van der Waals surface area contributed by atoms with E-state index in [1.54, 1.807) is 25.3 Å². The predicted octanol–water partition coefficient (Wildman–Crippen LogP) is 0.336. The molecule has 0 saturated carbocycles. The highest BCUT2D eigenvalue weighted by Gasteiger charge is 2.29. The number of para-hydroxylation sites is 1. The van der Waals surface area contributed by atoms with Crippen molar-refractivity contribution in [2.24, 2.45) is 0 Å². The third-order valence-corrected chi connectivity index (χ3v) is 5.32. The smallest absolute Gasteiger partial charge is 0.244 e. The molecule has 20 heavy (non-hydrogen) atoms. The second-order valence-corrected chi connectivity index (χ2v) is 7.09. The van der Waals surface area contributed by atoms with Crippen LogP contribution in [0.4, 0.5) is 5.69 Å². The van der Waals surface area contributed by atoms with Crippen molar-refractivity contribution >= 4 is 15.7 Å². The van der Waals surface area contributed by atoms with E-state index < -0.39 is 10.0 Å². The summed E-state index contributed by atoms with van der Waals surface area (Å²) in [6, 6.07) is 6.99. The Labute approximate surface area is 120 Å². The molecule has 2 rings (SSSR count). The number of ether oxygens (including phenoxy) is 1. The highest BCUT2D eigenvalue weighted by atomic mass is 32.2. The first-order chi connectivity index (χ1) is 9.46. The minimum Gasteiger partial charge on any atom is -0.378 e. The first kappa shape index (κ1) is 15.2. The first-order valence-corrected chi connectivity index (χ1v) is 7.92. The third-order valence-electron chi connectivity index (χ3n) is 3.45. The molecule has 1 aromatic carbocycles. The van der Waals surface area contributed by atoms with Gasteiger partial charge in [-0.05, 0) is 12.1 Å². The second-order valence-electron chi connectivity index (χ2n) is 4.97. The predicted molar refractivity (Wildman–Crippen MR) is 78.4 cm³/mol. The van der Waals surface area contributed by atoms with Crippen LogP contribution in [-0.4, -0.2) is 59.2 Å². The number of anilines is 1. The van der Waals surface area contributed by atoms with Crippen molar-refractivity contribution in [3.63, 3.8) is 0 Å². The zero-order chi connectivity index (χ0) is 14.8. The fourth-order valence-corrected chi connectivity index (χ4v) is 3.30. The van der Waals surface area contributed by atoms with Gasteiger partial charge in [-0.2, -0.15) is 0 Å². The van der Waals surface area contributed by atoms with Gasteiger partial charge in [0.05, 0.1) is 17.8 Å². The van der Waals surface area contributed by atoms with Crippen molar-refractivity contribution in [3.8, 4) is 0 Å². The van der Waals surface area contributed by atoms with Crippen LogP contribution < -0.4 is 10.6 Å². The van der Waals surface area contributed by atoms with E-state index in [-0.39, 0.29) is 17.0 Å². The lowest BCUT2D eigenvalue weighted by atomic mass is 10.2. The van der Waals surface area contributed by atoms with E-state index in [2.05, 4.69) is 10.6 Å². The van der Waals surface area contributed by atoms with Gasteiger partial charge < -0.3 is 15.4 Å². The molecule has 0 spiro atoms. The first-order valence-electron chi connectivity index (χ1n) is 6.48. The molecule has 1 aromatic rings. The number of methoxy groups -OCH3 is 1. The van der Waals surface area contributed by atoms with Crippen molar-refractivity contribution in [2.45, 2.75) is 17.0 Å². The monoisotopic (exact) mass is 299 g/mol. The highest BCUT2D eigenvalue weighted by Crippen LogP contribution is 2.25. The number of rotatable bonds is 5. The van der Waals surface area contributed by atoms with Crippen LogP contribution in [0, 0.1) is 0 Å². The van der Waals surface area contributed by atoms with Crippen molar-refractivity contribution in [1.29, 1.82) is 0 Å². The molecule has 1 aliphatic heterocycles. The van der Waals surface area contributed by atoms with Gasteiger partial charge in [0.15, 0.2) is 0 Å². The van der Waals surface area contributed by atoms with Gasteiger partial charge in [0, 0.05) is 34.3 Å². The molecule has 1 fully saturated rings. The van der Waals surface area contributed by atoms with Gasteiger partial charge in [-0.1, -0.05) is 12.1 Å². The quantitative estimate of drug-likeness (QED) is 0.820. The molecule has 2 atom stereocenters. The lowest BCUT2D eigenvalue weighted by Gasteiger charge is -2.22. The molecule has 1 aliphatic rings. The summed E-state index contributed by atoms with van der Waals surface area (Å²) in [5.74, 6) is 0. The number of hydrogen-bond donors (Lipinski definition) is 2. The number of benzene rings is 1. The standard InChI is InChI=1S/C13H21N3O3S/c1-16(2)20(17,18)13-7-5-4-6-10(13)15-11-8-14-9-12(11)19-3/h4-7,11-12,14-15H,8-9H2,1-3H3/t11?,12-/m0/s1. The number of nitrogens with zero attached hydrogens (tertiary/aromatic N) is 1. The highest BCUT2D eigenvalue weighted by molar-refractivity contribution is 7.89. The molecular weight excluding hydrogens is 278 g/mol. The van der Waals surface area contributed by atoms with Crippen molar-refractivity contribution in [2.75, 3.05) is 39.6 Å². The van der Waals surface area contributed by atoms with Gasteiger partial charge in [-0.3, -0.25) is 0 Å². The molecule has 0 amide bonds. The zero-order valence-corrected chi connectivity index (χ0v) is 12.8. The molecule has 0 bridgehead atoms. The average molecular weight is 299 g/mol. The Bertz CT molecular complexity index is 560. The van der Waals surface area contributed by atoms with E-state index >= 15 is 0 Å². The molecule has 0 aliphatic carbocycles. The van der Waals surface area contributed by atoms with Crippen molar-refractivity contribution < 1.29 is 13.2 Å². The van der Waals surface area contributed by atoms with Gasteiger partial charge in [0.1, 0.15) is 4.90 Å². The minimum atomic E-state index is -3.46. The van der Waals surface area contributed by atoms with Crippen LogP contribution in [0.5, 0.6) is 0 Å². The molecule has 2 N–H and O–H groups in total. The summed E-state index contributed by atoms with van der Waals surface area (Å²) in [6.07, 6.45) is 0.0325. The van der Waals surface area contributed by atoms with E-state index in [1.165, 1.54) is 18.4 Å². The number of nitrogens with one attached hydrogen (secondary N) is 2. The number of sulfonamides is 1. The topological polar surface area (TPSA) is 70.7 Å². The molecule has 7 heteroatoms. The van der Waals surface area contributed by atoms with E-state index in [9.17, 15) is 8.42 Å². The Morgan fingerprint density at radius 2 is 2.00 bits per heavy atom. The maximum atomic E-state index is 12.3. The summed E-state index contributed by atoms with van der Waals surface area (Å²) in [4.78, 5) is 0.284. The molecule has 1 heterocycles. The summed E-state index contributed by atoms with van der Waals surface area (Å²) >= 11 is 0.